The van der Waals surface area contributed by atoms with Crippen molar-refractivity contribution < 1.29 is 4.79 Å². The van der Waals surface area contributed by atoms with Gasteiger partial charge in [-0.25, -0.2) is 4.98 Å². The Labute approximate surface area is 159 Å². The molecule has 25 heavy (non-hydrogen) atoms. The van der Waals surface area contributed by atoms with Crippen LogP contribution in [0.3, 0.4) is 0 Å². The summed E-state index contributed by atoms with van der Waals surface area (Å²) in [6.07, 6.45) is 6.59. The highest BCUT2D eigenvalue weighted by molar-refractivity contribution is 7.13. The Morgan fingerprint density at radius 2 is 1.96 bits per heavy atom. The molecule has 0 unspecified atom stereocenters. The summed E-state index contributed by atoms with van der Waals surface area (Å²) in [5, 5.41) is 6.57. The number of thiazole rings is 1. The highest BCUT2D eigenvalue weighted by Crippen LogP contribution is 2.23. The molecule has 126 valence electrons. The van der Waals surface area contributed by atoms with Crippen LogP contribution in [-0.4, -0.2) is 15.9 Å². The summed E-state index contributed by atoms with van der Waals surface area (Å²) in [6, 6.07) is 8.99. The van der Waals surface area contributed by atoms with E-state index in [-0.39, 0.29) is 5.91 Å². The first-order valence-corrected chi connectivity index (χ1v) is 9.01. The summed E-state index contributed by atoms with van der Waals surface area (Å²) in [6.45, 7) is 0.367. The third kappa shape index (κ3) is 4.89. The van der Waals surface area contributed by atoms with Crippen LogP contribution < -0.4 is 5.32 Å². The molecule has 4 nitrogen and oxygen atoms in total. The molecular weight excluding hydrogens is 377 g/mol. The van der Waals surface area contributed by atoms with E-state index in [9.17, 15) is 4.79 Å². The fourth-order valence-corrected chi connectivity index (χ4v) is 3.17. The van der Waals surface area contributed by atoms with Crippen molar-refractivity contribution >= 4 is 46.5 Å². The van der Waals surface area contributed by atoms with Crippen LogP contribution in [0.5, 0.6) is 0 Å². The number of nitrogens with one attached hydrogen (secondary N) is 1. The van der Waals surface area contributed by atoms with Crippen molar-refractivity contribution in [3.63, 3.8) is 0 Å². The lowest BCUT2D eigenvalue weighted by Crippen LogP contribution is -2.20. The van der Waals surface area contributed by atoms with E-state index >= 15 is 0 Å². The number of halogens is 2. The molecule has 0 spiro atoms. The smallest absolute Gasteiger partial charge is 0.244 e. The third-order valence-corrected chi connectivity index (χ3v) is 4.97. The van der Waals surface area contributed by atoms with Gasteiger partial charge in [0.25, 0.3) is 0 Å². The molecule has 1 N–H and O–H groups in total. The molecule has 0 aliphatic heterocycles. The first kappa shape index (κ1) is 17.6. The first-order chi connectivity index (χ1) is 12.1. The Bertz CT molecular complexity index is 910. The van der Waals surface area contributed by atoms with Crippen LogP contribution in [0.25, 0.3) is 16.6 Å². The van der Waals surface area contributed by atoms with E-state index in [1.807, 2.05) is 17.5 Å². The van der Waals surface area contributed by atoms with Crippen molar-refractivity contribution in [1.82, 2.24) is 15.3 Å². The van der Waals surface area contributed by atoms with Crippen LogP contribution in [0.4, 0.5) is 0 Å². The second kappa shape index (κ2) is 8.25. The summed E-state index contributed by atoms with van der Waals surface area (Å²) in [5.74, 6) is -0.204. The number of pyridine rings is 1. The Balaban J connectivity index is 1.56. The second-order valence-corrected chi connectivity index (χ2v) is 6.78. The van der Waals surface area contributed by atoms with Gasteiger partial charge in [0.05, 0.1) is 22.3 Å². The van der Waals surface area contributed by atoms with Gasteiger partial charge in [0.15, 0.2) is 0 Å². The summed E-state index contributed by atoms with van der Waals surface area (Å²) < 4.78 is 0. The van der Waals surface area contributed by atoms with E-state index < -0.39 is 0 Å². The van der Waals surface area contributed by atoms with Gasteiger partial charge in [-0.3, -0.25) is 9.78 Å². The molecule has 2 aromatic heterocycles. The molecule has 0 radical (unpaired) electrons. The van der Waals surface area contributed by atoms with Crippen LogP contribution in [-0.2, 0) is 11.3 Å². The number of rotatable bonds is 5. The highest BCUT2D eigenvalue weighted by atomic mass is 35.5. The van der Waals surface area contributed by atoms with Crippen LogP contribution in [0, 0.1) is 0 Å². The lowest BCUT2D eigenvalue weighted by Gasteiger charge is -2.00. The largest absolute Gasteiger partial charge is 0.347 e. The Morgan fingerprint density at radius 1 is 1.16 bits per heavy atom. The number of amides is 1. The Morgan fingerprint density at radius 3 is 2.72 bits per heavy atom. The fraction of sp³-hybridized carbons (Fsp3) is 0.0556. The molecule has 3 rings (SSSR count). The minimum Gasteiger partial charge on any atom is -0.347 e. The minimum atomic E-state index is -0.204. The summed E-state index contributed by atoms with van der Waals surface area (Å²) in [5.41, 5.74) is 2.63. The van der Waals surface area contributed by atoms with Crippen LogP contribution >= 0.6 is 34.5 Å². The van der Waals surface area contributed by atoms with E-state index in [1.165, 1.54) is 17.4 Å². The summed E-state index contributed by atoms with van der Waals surface area (Å²) >= 11 is 13.3. The van der Waals surface area contributed by atoms with Gasteiger partial charge in [0, 0.05) is 29.4 Å². The van der Waals surface area contributed by atoms with Gasteiger partial charge in [0.1, 0.15) is 5.01 Å². The molecule has 2 heterocycles. The van der Waals surface area contributed by atoms with E-state index in [4.69, 9.17) is 23.2 Å². The predicted octanol–water partition coefficient (Wildman–Crippen LogP) is 4.84. The van der Waals surface area contributed by atoms with Crippen LogP contribution in [0.1, 0.15) is 11.3 Å². The maximum atomic E-state index is 11.9. The standard InChI is InChI=1S/C18H13Cl2N3OS/c19-15-3-1-12(9-16(15)20)2-4-17(24)22-10-14-11-25-18(23-14)13-5-7-21-8-6-13/h1-9,11H,10H2,(H,22,24)/b4-2+. The molecule has 7 heteroatoms. The van der Waals surface area contributed by atoms with Crippen molar-refractivity contribution in [1.29, 1.82) is 0 Å². The van der Waals surface area contributed by atoms with Gasteiger partial charge in [-0.15, -0.1) is 11.3 Å². The summed E-state index contributed by atoms with van der Waals surface area (Å²) in [4.78, 5) is 20.4. The molecule has 0 saturated heterocycles. The normalized spacial score (nSPS) is 11.0. The van der Waals surface area contributed by atoms with Crippen molar-refractivity contribution in [2.75, 3.05) is 0 Å². The zero-order chi connectivity index (χ0) is 17.6. The average molecular weight is 390 g/mol. The maximum Gasteiger partial charge on any atom is 0.244 e. The SMILES string of the molecule is O=C(/C=C/c1ccc(Cl)c(Cl)c1)NCc1csc(-c2ccncc2)n1. The number of aromatic nitrogens is 2. The van der Waals surface area contributed by atoms with Gasteiger partial charge >= 0.3 is 0 Å². The topological polar surface area (TPSA) is 54.9 Å². The number of carbonyl (C=O) groups is 1. The van der Waals surface area contributed by atoms with Gasteiger partial charge in [-0.05, 0) is 35.9 Å². The molecule has 1 amide bonds. The number of benzene rings is 1. The number of hydrogen-bond acceptors (Lipinski definition) is 4. The maximum absolute atomic E-state index is 11.9. The molecule has 0 aliphatic carbocycles. The molecule has 0 fully saturated rings. The second-order valence-electron chi connectivity index (χ2n) is 5.10. The number of nitrogens with zero attached hydrogens (tertiary/aromatic N) is 2. The quantitative estimate of drug-likeness (QED) is 0.635. The molecule has 0 aliphatic rings. The van der Waals surface area contributed by atoms with E-state index in [1.54, 1.807) is 36.7 Å². The number of hydrogen-bond donors (Lipinski definition) is 1. The van der Waals surface area contributed by atoms with Crippen molar-refractivity contribution in [2.24, 2.45) is 0 Å². The lowest BCUT2D eigenvalue weighted by molar-refractivity contribution is -0.116. The van der Waals surface area contributed by atoms with E-state index in [0.717, 1.165) is 21.8 Å². The number of carbonyl (C=O) groups excluding carboxylic acids is 1. The Hall–Kier alpha value is -2.21. The van der Waals surface area contributed by atoms with Crippen LogP contribution in [0.15, 0.2) is 54.2 Å². The molecule has 0 saturated carbocycles. The van der Waals surface area contributed by atoms with Gasteiger partial charge in [-0.1, -0.05) is 29.3 Å². The highest BCUT2D eigenvalue weighted by Gasteiger charge is 2.05. The predicted molar refractivity (Wildman–Crippen MR) is 103 cm³/mol. The zero-order valence-electron chi connectivity index (χ0n) is 12.9. The van der Waals surface area contributed by atoms with Gasteiger partial charge in [-0.2, -0.15) is 0 Å². The first-order valence-electron chi connectivity index (χ1n) is 7.37. The molecule has 0 bridgehead atoms. The van der Waals surface area contributed by atoms with Crippen molar-refractivity contribution in [3.8, 4) is 10.6 Å². The summed E-state index contributed by atoms with van der Waals surface area (Å²) in [7, 11) is 0. The fourth-order valence-electron chi connectivity index (χ4n) is 2.04. The monoisotopic (exact) mass is 389 g/mol. The van der Waals surface area contributed by atoms with Gasteiger partial charge in [0.2, 0.25) is 5.91 Å². The third-order valence-electron chi connectivity index (χ3n) is 3.29. The molecule has 0 atom stereocenters. The zero-order valence-corrected chi connectivity index (χ0v) is 15.3. The van der Waals surface area contributed by atoms with E-state index in [2.05, 4.69) is 15.3 Å². The minimum absolute atomic E-state index is 0.204. The molecule has 1 aromatic carbocycles. The van der Waals surface area contributed by atoms with Crippen LogP contribution in [0.2, 0.25) is 10.0 Å². The van der Waals surface area contributed by atoms with Gasteiger partial charge < -0.3 is 5.32 Å². The lowest BCUT2D eigenvalue weighted by atomic mass is 10.2. The van der Waals surface area contributed by atoms with Crippen molar-refractivity contribution in [2.45, 2.75) is 6.54 Å². The van der Waals surface area contributed by atoms with E-state index in [0.29, 0.717) is 16.6 Å². The van der Waals surface area contributed by atoms with Crippen molar-refractivity contribution in [3.05, 3.63) is 75.5 Å². The average Bonchev–Trinajstić information content (AvgIpc) is 3.11. The molecule has 3 aromatic rings. The molecular formula is C18H13Cl2N3OS. The Kier molecular flexibility index (Phi) is 5.81.